The van der Waals surface area contributed by atoms with E-state index in [2.05, 4.69) is 11.9 Å². The summed E-state index contributed by atoms with van der Waals surface area (Å²) in [6.45, 7) is 9.72. The van der Waals surface area contributed by atoms with Gasteiger partial charge in [-0.3, -0.25) is 4.79 Å². The number of sulfonamides is 1. The van der Waals surface area contributed by atoms with Crippen molar-refractivity contribution in [3.8, 4) is 0 Å². The first kappa shape index (κ1) is 22.1. The molecule has 0 saturated carbocycles. The third kappa shape index (κ3) is 5.92. The summed E-state index contributed by atoms with van der Waals surface area (Å²) in [6, 6.07) is 12.9. The lowest BCUT2D eigenvalue weighted by molar-refractivity contribution is 0.0919. The van der Waals surface area contributed by atoms with Crippen LogP contribution in [0.1, 0.15) is 36.7 Å². The molecule has 0 bridgehead atoms. The number of amides is 1. The standard InChI is InChI=1S/C21H25ClN2O3S/c1-5-14-24(28(26,27)19-12-10-18(22)11-13-19)15-16-6-8-17(9-7-16)20(25)23-21(2,3)4/h5-13H,1,14-15H2,2-4H3,(H,23,25). The SMILES string of the molecule is C=CCN(Cc1ccc(C(=O)NC(C)(C)C)cc1)S(=O)(=O)c1ccc(Cl)cc1. The third-order valence-electron chi connectivity index (χ3n) is 3.85. The van der Waals surface area contributed by atoms with Crippen LogP contribution >= 0.6 is 11.6 Å². The lowest BCUT2D eigenvalue weighted by Gasteiger charge is -2.22. The Kier molecular flexibility index (Phi) is 7.04. The monoisotopic (exact) mass is 420 g/mol. The summed E-state index contributed by atoms with van der Waals surface area (Å²) in [5.74, 6) is -0.171. The zero-order chi connectivity index (χ0) is 20.9. The van der Waals surface area contributed by atoms with Crippen molar-refractivity contribution < 1.29 is 13.2 Å². The molecule has 0 saturated heterocycles. The van der Waals surface area contributed by atoms with E-state index in [-0.39, 0.29) is 29.4 Å². The van der Waals surface area contributed by atoms with Gasteiger partial charge in [-0.05, 0) is 62.7 Å². The van der Waals surface area contributed by atoms with Crippen molar-refractivity contribution in [1.29, 1.82) is 0 Å². The van der Waals surface area contributed by atoms with E-state index in [1.165, 1.54) is 16.4 Å². The summed E-state index contributed by atoms with van der Waals surface area (Å²) in [7, 11) is -3.70. The summed E-state index contributed by atoms with van der Waals surface area (Å²) < 4.78 is 27.2. The maximum Gasteiger partial charge on any atom is 0.251 e. The molecule has 0 aliphatic heterocycles. The van der Waals surface area contributed by atoms with Gasteiger partial charge in [-0.1, -0.05) is 29.8 Å². The van der Waals surface area contributed by atoms with Crippen LogP contribution in [0.2, 0.25) is 5.02 Å². The second kappa shape index (κ2) is 8.90. The zero-order valence-electron chi connectivity index (χ0n) is 16.3. The van der Waals surface area contributed by atoms with E-state index in [9.17, 15) is 13.2 Å². The largest absolute Gasteiger partial charge is 0.347 e. The number of benzene rings is 2. The molecule has 0 atom stereocenters. The van der Waals surface area contributed by atoms with Gasteiger partial charge in [-0.15, -0.1) is 6.58 Å². The van der Waals surface area contributed by atoms with Gasteiger partial charge in [0.2, 0.25) is 10.0 Å². The summed E-state index contributed by atoms with van der Waals surface area (Å²) >= 11 is 5.86. The summed E-state index contributed by atoms with van der Waals surface area (Å²) in [5, 5.41) is 3.37. The minimum atomic E-state index is -3.70. The maximum atomic E-state index is 12.9. The van der Waals surface area contributed by atoms with Gasteiger partial charge in [0.15, 0.2) is 0 Å². The molecule has 2 aromatic carbocycles. The summed E-state index contributed by atoms with van der Waals surface area (Å²) in [4.78, 5) is 12.4. The van der Waals surface area contributed by atoms with Crippen molar-refractivity contribution in [2.45, 2.75) is 37.8 Å². The topological polar surface area (TPSA) is 66.5 Å². The minimum absolute atomic E-state index is 0.164. The fourth-order valence-electron chi connectivity index (χ4n) is 2.53. The van der Waals surface area contributed by atoms with Crippen LogP contribution in [-0.4, -0.2) is 30.7 Å². The predicted octanol–water partition coefficient (Wildman–Crippen LogP) is 4.25. The van der Waals surface area contributed by atoms with Gasteiger partial charge < -0.3 is 5.32 Å². The van der Waals surface area contributed by atoms with Crippen molar-refractivity contribution in [2.75, 3.05) is 6.54 Å². The Morgan fingerprint density at radius 1 is 1.11 bits per heavy atom. The van der Waals surface area contributed by atoms with Crippen molar-refractivity contribution >= 4 is 27.5 Å². The van der Waals surface area contributed by atoms with Gasteiger partial charge in [-0.2, -0.15) is 4.31 Å². The molecule has 1 amide bonds. The molecule has 0 unspecified atom stereocenters. The Labute approximate surface area is 172 Å². The van der Waals surface area contributed by atoms with Crippen LogP contribution in [-0.2, 0) is 16.6 Å². The van der Waals surface area contributed by atoms with Gasteiger partial charge in [0.05, 0.1) is 4.90 Å². The molecule has 2 aromatic rings. The first-order valence-corrected chi connectivity index (χ1v) is 10.6. The predicted molar refractivity (Wildman–Crippen MR) is 113 cm³/mol. The number of rotatable bonds is 7. The fourth-order valence-corrected chi connectivity index (χ4v) is 4.05. The molecule has 0 fully saturated rings. The molecule has 2 rings (SSSR count). The smallest absolute Gasteiger partial charge is 0.251 e. The van der Waals surface area contributed by atoms with Gasteiger partial charge in [0.1, 0.15) is 0 Å². The lowest BCUT2D eigenvalue weighted by Crippen LogP contribution is -2.40. The molecular weight excluding hydrogens is 396 g/mol. The quantitative estimate of drug-likeness (QED) is 0.681. The average molecular weight is 421 g/mol. The Morgan fingerprint density at radius 3 is 2.18 bits per heavy atom. The van der Waals surface area contributed by atoms with Gasteiger partial charge in [-0.25, -0.2) is 8.42 Å². The number of carbonyl (C=O) groups excluding carboxylic acids is 1. The normalized spacial score (nSPS) is 12.0. The molecule has 0 spiro atoms. The molecule has 1 N–H and O–H groups in total. The van der Waals surface area contributed by atoms with E-state index >= 15 is 0 Å². The molecule has 0 aliphatic carbocycles. The Morgan fingerprint density at radius 2 is 1.68 bits per heavy atom. The highest BCUT2D eigenvalue weighted by atomic mass is 35.5. The van der Waals surface area contributed by atoms with Crippen LogP contribution in [0.4, 0.5) is 0 Å². The first-order valence-electron chi connectivity index (χ1n) is 8.81. The highest BCUT2D eigenvalue weighted by molar-refractivity contribution is 7.89. The maximum absolute atomic E-state index is 12.9. The highest BCUT2D eigenvalue weighted by Gasteiger charge is 2.24. The molecule has 0 radical (unpaired) electrons. The number of hydrogen-bond acceptors (Lipinski definition) is 3. The molecule has 7 heteroatoms. The number of nitrogens with one attached hydrogen (secondary N) is 1. The third-order valence-corrected chi connectivity index (χ3v) is 5.93. The minimum Gasteiger partial charge on any atom is -0.347 e. The second-order valence-electron chi connectivity index (χ2n) is 7.44. The average Bonchev–Trinajstić information content (AvgIpc) is 2.61. The van der Waals surface area contributed by atoms with Gasteiger partial charge in [0, 0.05) is 29.2 Å². The Bertz CT molecular complexity index is 931. The van der Waals surface area contributed by atoms with Crippen LogP contribution in [0.5, 0.6) is 0 Å². The van der Waals surface area contributed by atoms with E-state index in [4.69, 9.17) is 11.6 Å². The second-order valence-corrected chi connectivity index (χ2v) is 9.82. The van der Waals surface area contributed by atoms with Crippen LogP contribution in [0.3, 0.4) is 0 Å². The fraction of sp³-hybridized carbons (Fsp3) is 0.286. The molecule has 0 aliphatic rings. The van der Waals surface area contributed by atoms with Crippen LogP contribution in [0.15, 0.2) is 66.1 Å². The van der Waals surface area contributed by atoms with Gasteiger partial charge in [0.25, 0.3) is 5.91 Å². The highest BCUT2D eigenvalue weighted by Crippen LogP contribution is 2.21. The Hall–Kier alpha value is -2.15. The molecule has 5 nitrogen and oxygen atoms in total. The molecule has 0 aromatic heterocycles. The van der Waals surface area contributed by atoms with Crippen molar-refractivity contribution in [3.63, 3.8) is 0 Å². The number of hydrogen-bond donors (Lipinski definition) is 1. The lowest BCUT2D eigenvalue weighted by atomic mass is 10.1. The zero-order valence-corrected chi connectivity index (χ0v) is 17.8. The van der Waals surface area contributed by atoms with E-state index in [1.54, 1.807) is 42.5 Å². The molecular formula is C21H25ClN2O3S. The van der Waals surface area contributed by atoms with Crippen LogP contribution in [0.25, 0.3) is 0 Å². The van der Waals surface area contributed by atoms with Crippen molar-refractivity contribution in [2.24, 2.45) is 0 Å². The van der Waals surface area contributed by atoms with E-state index in [1.807, 2.05) is 20.8 Å². The molecule has 28 heavy (non-hydrogen) atoms. The number of halogens is 1. The van der Waals surface area contributed by atoms with E-state index in [0.717, 1.165) is 5.56 Å². The Balaban J connectivity index is 2.21. The van der Waals surface area contributed by atoms with E-state index in [0.29, 0.717) is 10.6 Å². The van der Waals surface area contributed by atoms with E-state index < -0.39 is 10.0 Å². The van der Waals surface area contributed by atoms with Gasteiger partial charge >= 0.3 is 0 Å². The first-order chi connectivity index (χ1) is 13.0. The number of nitrogens with zero attached hydrogens (tertiary/aromatic N) is 1. The molecule has 0 heterocycles. The number of carbonyl (C=O) groups is 1. The molecule has 150 valence electrons. The van der Waals surface area contributed by atoms with Crippen molar-refractivity contribution in [1.82, 2.24) is 9.62 Å². The van der Waals surface area contributed by atoms with Crippen LogP contribution in [0, 0.1) is 0 Å². The van der Waals surface area contributed by atoms with Crippen LogP contribution < -0.4 is 5.32 Å². The summed E-state index contributed by atoms with van der Waals surface area (Å²) in [5.41, 5.74) is 0.963. The van der Waals surface area contributed by atoms with Crippen molar-refractivity contribution in [3.05, 3.63) is 77.3 Å². The summed E-state index contributed by atoms with van der Waals surface area (Å²) in [6.07, 6.45) is 1.54.